The number of thioether (sulfide) groups is 2. The summed E-state index contributed by atoms with van der Waals surface area (Å²) >= 11 is 3.91. The van der Waals surface area contributed by atoms with Crippen molar-refractivity contribution in [1.82, 2.24) is 0 Å². The lowest BCUT2D eigenvalue weighted by Gasteiger charge is -2.34. The Labute approximate surface area is 135 Å². The van der Waals surface area contributed by atoms with Gasteiger partial charge in [0.2, 0.25) is 0 Å². The molecule has 2 aliphatic heterocycles. The van der Waals surface area contributed by atoms with Crippen molar-refractivity contribution in [2.24, 2.45) is 4.99 Å². The normalized spacial score (nSPS) is 37.0. The van der Waals surface area contributed by atoms with Crippen LogP contribution in [0.25, 0.3) is 0 Å². The van der Waals surface area contributed by atoms with Crippen LogP contribution in [-0.4, -0.2) is 26.2 Å². The molecule has 0 bridgehead atoms. The average Bonchev–Trinajstić information content (AvgIpc) is 3.04. The van der Waals surface area contributed by atoms with Gasteiger partial charge in [-0.05, 0) is 38.7 Å². The van der Waals surface area contributed by atoms with Gasteiger partial charge < -0.3 is 4.74 Å². The number of hydrogen-bond donors (Lipinski definition) is 0. The second-order valence-electron chi connectivity index (χ2n) is 6.63. The number of fused-ring (bicyclic) bond motifs is 1. The Morgan fingerprint density at radius 3 is 2.81 bits per heavy atom. The molecule has 1 saturated carbocycles. The minimum atomic E-state index is -0.188. The van der Waals surface area contributed by atoms with Gasteiger partial charge in [0.15, 0.2) is 4.27 Å². The fourth-order valence-electron chi connectivity index (χ4n) is 3.45. The predicted molar refractivity (Wildman–Crippen MR) is 92.1 cm³/mol. The van der Waals surface area contributed by atoms with Gasteiger partial charge in [-0.15, -0.1) is 11.8 Å². The van der Waals surface area contributed by atoms with Crippen molar-refractivity contribution in [3.8, 4) is 0 Å². The van der Waals surface area contributed by atoms with Gasteiger partial charge in [0.25, 0.3) is 0 Å². The molecule has 2 nitrogen and oxygen atoms in total. The van der Waals surface area contributed by atoms with Crippen LogP contribution in [0.5, 0.6) is 0 Å². The molecule has 1 aromatic carbocycles. The van der Waals surface area contributed by atoms with E-state index in [-0.39, 0.29) is 9.80 Å². The Balaban J connectivity index is 1.55. The predicted octanol–water partition coefficient (Wildman–Crippen LogP) is 4.49. The summed E-state index contributed by atoms with van der Waals surface area (Å²) in [6.07, 6.45) is 5.23. The van der Waals surface area contributed by atoms with Crippen LogP contribution in [0, 0.1) is 0 Å². The first-order valence-electron chi connectivity index (χ1n) is 7.75. The highest BCUT2D eigenvalue weighted by Crippen LogP contribution is 2.62. The zero-order valence-electron chi connectivity index (χ0n) is 12.5. The SMILES string of the molecule is CC1(C)N=C(Cc2ccccc2)S[C@@]12O[C@H]1CCC[C@@H]1S2. The van der Waals surface area contributed by atoms with Crippen molar-refractivity contribution in [2.45, 2.75) is 60.7 Å². The van der Waals surface area contributed by atoms with E-state index in [1.54, 1.807) is 0 Å². The molecule has 1 aliphatic carbocycles. The number of hydrogen-bond acceptors (Lipinski definition) is 4. The first-order valence-corrected chi connectivity index (χ1v) is 9.45. The maximum Gasteiger partial charge on any atom is 0.191 e. The molecule has 3 atom stereocenters. The molecule has 4 heteroatoms. The summed E-state index contributed by atoms with van der Waals surface area (Å²) in [5, 5.41) is 1.90. The fourth-order valence-corrected chi connectivity index (χ4v) is 7.14. The number of aliphatic imine (C=N–C) groups is 1. The lowest BCUT2D eigenvalue weighted by atomic mass is 10.1. The molecule has 2 heterocycles. The third kappa shape index (κ3) is 2.36. The van der Waals surface area contributed by atoms with E-state index >= 15 is 0 Å². The van der Waals surface area contributed by atoms with Gasteiger partial charge in [-0.2, -0.15) is 0 Å². The van der Waals surface area contributed by atoms with Crippen molar-refractivity contribution in [1.29, 1.82) is 0 Å². The van der Waals surface area contributed by atoms with Gasteiger partial charge in [-0.3, -0.25) is 4.99 Å². The maximum absolute atomic E-state index is 6.53. The first-order chi connectivity index (χ1) is 10.1. The van der Waals surface area contributed by atoms with E-state index in [9.17, 15) is 0 Å². The highest BCUT2D eigenvalue weighted by molar-refractivity contribution is 8.26. The van der Waals surface area contributed by atoms with E-state index in [4.69, 9.17) is 9.73 Å². The Morgan fingerprint density at radius 1 is 1.24 bits per heavy atom. The molecule has 1 spiro atoms. The lowest BCUT2D eigenvalue weighted by molar-refractivity contribution is 0.0123. The number of benzene rings is 1. The van der Waals surface area contributed by atoms with Crippen LogP contribution in [0.3, 0.4) is 0 Å². The Morgan fingerprint density at radius 2 is 2.05 bits per heavy atom. The van der Waals surface area contributed by atoms with Crippen molar-refractivity contribution < 1.29 is 4.74 Å². The third-order valence-electron chi connectivity index (χ3n) is 4.61. The fraction of sp³-hybridized carbons (Fsp3) is 0.588. The average molecular weight is 319 g/mol. The summed E-state index contributed by atoms with van der Waals surface area (Å²) in [5.41, 5.74) is 1.19. The minimum absolute atomic E-state index is 0.142. The van der Waals surface area contributed by atoms with Crippen LogP contribution in [0.2, 0.25) is 0 Å². The van der Waals surface area contributed by atoms with E-state index in [0.29, 0.717) is 11.4 Å². The molecule has 1 aromatic rings. The molecule has 0 aromatic heterocycles. The quantitative estimate of drug-likeness (QED) is 0.801. The Bertz CT molecular complexity index is 557. The maximum atomic E-state index is 6.53. The van der Waals surface area contributed by atoms with Crippen LogP contribution in [-0.2, 0) is 11.2 Å². The van der Waals surface area contributed by atoms with Crippen LogP contribution in [0.1, 0.15) is 38.7 Å². The summed E-state index contributed by atoms with van der Waals surface area (Å²) < 4.78 is 6.34. The molecular formula is C17H21NOS2. The molecular weight excluding hydrogens is 298 g/mol. The molecule has 21 heavy (non-hydrogen) atoms. The van der Waals surface area contributed by atoms with Crippen LogP contribution >= 0.6 is 23.5 Å². The van der Waals surface area contributed by atoms with Gasteiger partial charge in [-0.25, -0.2) is 0 Å². The van der Waals surface area contributed by atoms with E-state index in [1.807, 2.05) is 23.5 Å². The molecule has 0 amide bonds. The highest BCUT2D eigenvalue weighted by Gasteiger charge is 2.61. The van der Waals surface area contributed by atoms with Crippen molar-refractivity contribution in [2.75, 3.05) is 0 Å². The van der Waals surface area contributed by atoms with Crippen molar-refractivity contribution in [3.63, 3.8) is 0 Å². The second kappa shape index (κ2) is 5.04. The molecule has 1 saturated heterocycles. The highest BCUT2D eigenvalue weighted by atomic mass is 32.2. The van der Waals surface area contributed by atoms with Gasteiger partial charge in [0, 0.05) is 11.7 Å². The van der Waals surface area contributed by atoms with Crippen LogP contribution in [0.15, 0.2) is 35.3 Å². The number of rotatable bonds is 2. The Hall–Kier alpha value is -0.450. The second-order valence-corrected chi connectivity index (χ2v) is 9.55. The molecule has 112 valence electrons. The zero-order chi connectivity index (χ0) is 14.5. The topological polar surface area (TPSA) is 21.6 Å². The van der Waals surface area contributed by atoms with E-state index in [1.165, 1.54) is 29.9 Å². The van der Waals surface area contributed by atoms with Crippen LogP contribution in [0.4, 0.5) is 0 Å². The Kier molecular flexibility index (Phi) is 3.40. The minimum Gasteiger partial charge on any atom is -0.348 e. The standard InChI is InChI=1S/C17H21NOS2/c1-16(2)17(19-13-9-6-10-14(13)20-17)21-15(18-16)11-12-7-4-3-5-8-12/h3-5,7-8,13-14H,6,9-11H2,1-2H3/t13-,14-,17+/m0/s1. The molecule has 0 radical (unpaired) electrons. The summed E-state index contributed by atoms with van der Waals surface area (Å²) in [5.74, 6) is 0. The molecule has 3 aliphatic rings. The smallest absolute Gasteiger partial charge is 0.191 e. The molecule has 4 rings (SSSR count). The third-order valence-corrected chi connectivity index (χ3v) is 8.23. The van der Waals surface area contributed by atoms with Gasteiger partial charge in [0.1, 0.15) is 5.54 Å². The van der Waals surface area contributed by atoms with Gasteiger partial charge >= 0.3 is 0 Å². The van der Waals surface area contributed by atoms with E-state index < -0.39 is 0 Å². The summed E-state index contributed by atoms with van der Waals surface area (Å²) in [4.78, 5) is 5.01. The molecule has 0 N–H and O–H groups in total. The number of nitrogens with zero attached hydrogens (tertiary/aromatic N) is 1. The summed E-state index contributed by atoms with van der Waals surface area (Å²) in [6, 6.07) is 10.6. The lowest BCUT2D eigenvalue weighted by Crippen LogP contribution is -2.40. The van der Waals surface area contributed by atoms with Crippen molar-refractivity contribution >= 4 is 28.6 Å². The monoisotopic (exact) mass is 319 g/mol. The van der Waals surface area contributed by atoms with Gasteiger partial charge in [-0.1, -0.05) is 42.1 Å². The summed E-state index contributed by atoms with van der Waals surface area (Å²) in [6.45, 7) is 4.46. The van der Waals surface area contributed by atoms with E-state index in [0.717, 1.165) is 6.42 Å². The molecule has 0 unspecified atom stereocenters. The largest absolute Gasteiger partial charge is 0.348 e. The first kappa shape index (κ1) is 14.2. The van der Waals surface area contributed by atoms with E-state index in [2.05, 4.69) is 44.2 Å². The van der Waals surface area contributed by atoms with Gasteiger partial charge in [0.05, 0.1) is 11.1 Å². The summed E-state index contributed by atoms with van der Waals surface area (Å²) in [7, 11) is 0. The number of ether oxygens (including phenoxy) is 1. The molecule has 2 fully saturated rings. The zero-order valence-corrected chi connectivity index (χ0v) is 14.2. The van der Waals surface area contributed by atoms with Crippen LogP contribution < -0.4 is 0 Å². The van der Waals surface area contributed by atoms with Crippen molar-refractivity contribution in [3.05, 3.63) is 35.9 Å².